The topological polar surface area (TPSA) is 83.4 Å². The molecule has 0 saturated heterocycles. The minimum Gasteiger partial charge on any atom is -0.493 e. The average Bonchev–Trinajstić information content (AvgIpc) is 2.64. The summed E-state index contributed by atoms with van der Waals surface area (Å²) >= 11 is 0. The summed E-state index contributed by atoms with van der Waals surface area (Å²) in [6.45, 7) is 0.515. The Bertz CT molecular complexity index is 753. The molecule has 2 aromatic rings. The summed E-state index contributed by atoms with van der Waals surface area (Å²) in [4.78, 5) is 11.9. The smallest absolute Gasteiger partial charge is 0.239 e. The average molecular weight is 325 g/mol. The van der Waals surface area contributed by atoms with E-state index in [1.54, 1.807) is 38.5 Å². The number of nitrogens with one attached hydrogen (secondary N) is 2. The number of rotatable bonds is 7. The summed E-state index contributed by atoms with van der Waals surface area (Å²) in [5.41, 5.74) is 2.19. The maximum Gasteiger partial charge on any atom is 0.239 e. The highest BCUT2D eigenvalue weighted by atomic mass is 16.5. The third kappa shape index (κ3) is 4.65. The minimum atomic E-state index is -0.146. The van der Waals surface area contributed by atoms with E-state index in [2.05, 4.69) is 16.7 Å². The number of carbonyl (C=O) groups excluding carboxylic acids is 1. The number of nitrogens with zero attached hydrogens (tertiary/aromatic N) is 1. The van der Waals surface area contributed by atoms with Crippen LogP contribution in [0.3, 0.4) is 0 Å². The Morgan fingerprint density at radius 2 is 1.92 bits per heavy atom. The Labute approximate surface area is 141 Å². The van der Waals surface area contributed by atoms with E-state index < -0.39 is 0 Å². The van der Waals surface area contributed by atoms with Crippen LogP contribution in [0.1, 0.15) is 11.1 Å². The van der Waals surface area contributed by atoms with Gasteiger partial charge in [-0.2, -0.15) is 5.26 Å². The zero-order valence-electron chi connectivity index (χ0n) is 13.6. The Morgan fingerprint density at radius 1 is 1.12 bits per heavy atom. The number of hydrogen-bond donors (Lipinski definition) is 2. The molecule has 2 rings (SSSR count). The van der Waals surface area contributed by atoms with Crippen LogP contribution in [-0.2, 0) is 11.3 Å². The Kier molecular flexibility index (Phi) is 6.03. The van der Waals surface area contributed by atoms with Gasteiger partial charge in [0, 0.05) is 12.2 Å². The summed E-state index contributed by atoms with van der Waals surface area (Å²) < 4.78 is 10.4. The molecule has 24 heavy (non-hydrogen) atoms. The quantitative estimate of drug-likeness (QED) is 0.816. The number of methoxy groups -OCH3 is 2. The van der Waals surface area contributed by atoms with Crippen LogP contribution in [0.5, 0.6) is 11.5 Å². The van der Waals surface area contributed by atoms with E-state index >= 15 is 0 Å². The van der Waals surface area contributed by atoms with Crippen LogP contribution in [-0.4, -0.2) is 26.7 Å². The predicted molar refractivity (Wildman–Crippen MR) is 91.0 cm³/mol. The zero-order valence-corrected chi connectivity index (χ0v) is 13.6. The van der Waals surface area contributed by atoms with Gasteiger partial charge in [0.05, 0.1) is 32.4 Å². The van der Waals surface area contributed by atoms with Gasteiger partial charge in [0.2, 0.25) is 5.91 Å². The molecule has 124 valence electrons. The van der Waals surface area contributed by atoms with Crippen molar-refractivity contribution in [1.82, 2.24) is 5.32 Å². The number of carbonyl (C=O) groups is 1. The van der Waals surface area contributed by atoms with Crippen LogP contribution in [0.2, 0.25) is 0 Å². The normalized spacial score (nSPS) is 9.71. The predicted octanol–water partition coefficient (Wildman–Crippen LogP) is 2.30. The third-order valence-corrected chi connectivity index (χ3v) is 3.38. The summed E-state index contributed by atoms with van der Waals surface area (Å²) in [7, 11) is 3.14. The van der Waals surface area contributed by atoms with Crippen LogP contribution in [0, 0.1) is 11.3 Å². The summed E-state index contributed by atoms with van der Waals surface area (Å²) in [5, 5.41) is 14.7. The third-order valence-electron chi connectivity index (χ3n) is 3.38. The SMILES string of the molecule is COc1ccc(CNC(=O)CNc2cccc(C#N)c2)cc1OC. The number of ether oxygens (including phenoxy) is 2. The van der Waals surface area contributed by atoms with E-state index in [1.165, 1.54) is 0 Å². The Hall–Kier alpha value is -3.20. The standard InChI is InChI=1S/C18H19N3O3/c1-23-16-7-6-14(9-17(16)24-2)11-21-18(22)12-20-15-5-3-4-13(8-15)10-19/h3-9,20H,11-12H2,1-2H3,(H,21,22). The summed E-state index contributed by atoms with van der Waals surface area (Å²) in [6, 6.07) is 14.5. The van der Waals surface area contributed by atoms with Crippen LogP contribution >= 0.6 is 0 Å². The highest BCUT2D eigenvalue weighted by molar-refractivity contribution is 5.80. The van der Waals surface area contributed by atoms with Crippen molar-refractivity contribution in [1.29, 1.82) is 5.26 Å². The van der Waals surface area contributed by atoms with Crippen molar-refractivity contribution in [3.8, 4) is 17.6 Å². The van der Waals surface area contributed by atoms with E-state index in [4.69, 9.17) is 14.7 Å². The lowest BCUT2D eigenvalue weighted by Crippen LogP contribution is -2.29. The Balaban J connectivity index is 1.86. The second kappa shape index (κ2) is 8.44. The first-order chi connectivity index (χ1) is 11.7. The number of anilines is 1. The molecule has 0 atom stereocenters. The fourth-order valence-electron chi connectivity index (χ4n) is 2.13. The summed E-state index contributed by atoms with van der Waals surface area (Å²) in [5.74, 6) is 1.12. The first-order valence-corrected chi connectivity index (χ1v) is 7.38. The molecular formula is C18H19N3O3. The maximum atomic E-state index is 11.9. The molecular weight excluding hydrogens is 306 g/mol. The van der Waals surface area contributed by atoms with Crippen LogP contribution in [0.4, 0.5) is 5.69 Å². The molecule has 1 amide bonds. The van der Waals surface area contributed by atoms with E-state index in [9.17, 15) is 4.79 Å². The van der Waals surface area contributed by atoms with Crippen LogP contribution in [0.15, 0.2) is 42.5 Å². The van der Waals surface area contributed by atoms with Gasteiger partial charge in [0.25, 0.3) is 0 Å². The molecule has 6 nitrogen and oxygen atoms in total. The Morgan fingerprint density at radius 3 is 2.62 bits per heavy atom. The van der Waals surface area contributed by atoms with Gasteiger partial charge in [-0.3, -0.25) is 4.79 Å². The van der Waals surface area contributed by atoms with Gasteiger partial charge < -0.3 is 20.1 Å². The van der Waals surface area contributed by atoms with Crippen molar-refractivity contribution in [2.45, 2.75) is 6.54 Å². The van der Waals surface area contributed by atoms with E-state index in [0.717, 1.165) is 11.3 Å². The van der Waals surface area contributed by atoms with Crippen molar-refractivity contribution in [2.24, 2.45) is 0 Å². The van der Waals surface area contributed by atoms with Gasteiger partial charge in [-0.15, -0.1) is 0 Å². The molecule has 0 aliphatic carbocycles. The maximum absolute atomic E-state index is 11.9. The number of amides is 1. The molecule has 2 aromatic carbocycles. The van der Waals surface area contributed by atoms with Crippen molar-refractivity contribution >= 4 is 11.6 Å². The zero-order chi connectivity index (χ0) is 17.4. The highest BCUT2D eigenvalue weighted by Crippen LogP contribution is 2.27. The molecule has 0 spiro atoms. The van der Waals surface area contributed by atoms with Gasteiger partial charge in [-0.05, 0) is 35.9 Å². The number of nitriles is 1. The molecule has 0 unspecified atom stereocenters. The fourth-order valence-corrected chi connectivity index (χ4v) is 2.13. The molecule has 0 radical (unpaired) electrons. The van der Waals surface area contributed by atoms with Gasteiger partial charge in [-0.1, -0.05) is 12.1 Å². The van der Waals surface area contributed by atoms with Crippen molar-refractivity contribution in [3.05, 3.63) is 53.6 Å². The molecule has 0 aliphatic heterocycles. The lowest BCUT2D eigenvalue weighted by Gasteiger charge is -2.11. The number of benzene rings is 2. The van der Waals surface area contributed by atoms with Crippen molar-refractivity contribution in [2.75, 3.05) is 26.1 Å². The van der Waals surface area contributed by atoms with E-state index in [1.807, 2.05) is 18.2 Å². The number of hydrogen-bond acceptors (Lipinski definition) is 5. The van der Waals surface area contributed by atoms with E-state index in [0.29, 0.717) is 23.6 Å². The second-order valence-electron chi connectivity index (χ2n) is 5.01. The molecule has 0 aromatic heterocycles. The monoisotopic (exact) mass is 325 g/mol. The molecule has 6 heteroatoms. The lowest BCUT2D eigenvalue weighted by atomic mass is 10.2. The first-order valence-electron chi connectivity index (χ1n) is 7.38. The molecule has 0 heterocycles. The molecule has 2 N–H and O–H groups in total. The van der Waals surface area contributed by atoms with Crippen molar-refractivity contribution < 1.29 is 14.3 Å². The molecule has 0 saturated carbocycles. The largest absolute Gasteiger partial charge is 0.493 e. The van der Waals surface area contributed by atoms with Crippen molar-refractivity contribution in [3.63, 3.8) is 0 Å². The van der Waals surface area contributed by atoms with Gasteiger partial charge >= 0.3 is 0 Å². The van der Waals surface area contributed by atoms with Crippen LogP contribution < -0.4 is 20.1 Å². The second-order valence-corrected chi connectivity index (χ2v) is 5.01. The van der Waals surface area contributed by atoms with Crippen LogP contribution in [0.25, 0.3) is 0 Å². The van der Waals surface area contributed by atoms with Gasteiger partial charge in [-0.25, -0.2) is 0 Å². The fraction of sp³-hybridized carbons (Fsp3) is 0.222. The molecule has 0 aliphatic rings. The lowest BCUT2D eigenvalue weighted by molar-refractivity contribution is -0.119. The molecule has 0 bridgehead atoms. The minimum absolute atomic E-state index is 0.127. The highest BCUT2D eigenvalue weighted by Gasteiger charge is 2.06. The van der Waals surface area contributed by atoms with Gasteiger partial charge in [0.15, 0.2) is 11.5 Å². The van der Waals surface area contributed by atoms with E-state index in [-0.39, 0.29) is 12.5 Å². The summed E-state index contributed by atoms with van der Waals surface area (Å²) in [6.07, 6.45) is 0. The first kappa shape index (κ1) is 17.2. The molecule has 0 fully saturated rings. The van der Waals surface area contributed by atoms with Gasteiger partial charge in [0.1, 0.15) is 0 Å².